The Balaban J connectivity index is 1.74. The molecule has 102 valence electrons. The van der Waals surface area contributed by atoms with E-state index < -0.39 is 0 Å². The molecule has 1 fully saturated rings. The molecular weight excluding hydrogens is 254 g/mol. The van der Waals surface area contributed by atoms with Crippen LogP contribution in [-0.4, -0.2) is 17.4 Å². The average molecular weight is 275 g/mol. The predicted molar refractivity (Wildman–Crippen MR) is 84.5 cm³/mol. The molecule has 0 unspecified atom stereocenters. The van der Waals surface area contributed by atoms with Crippen molar-refractivity contribution in [2.45, 2.75) is 45.1 Å². The summed E-state index contributed by atoms with van der Waals surface area (Å²) in [4.78, 5) is 0. The Hall–Kier alpha value is -1.42. The van der Waals surface area contributed by atoms with Crippen molar-refractivity contribution >= 4 is 23.5 Å². The highest BCUT2D eigenvalue weighted by Gasteiger charge is 2.13. The van der Waals surface area contributed by atoms with Crippen molar-refractivity contribution in [1.29, 1.82) is 0 Å². The third kappa shape index (κ3) is 4.99. The van der Waals surface area contributed by atoms with Crippen LogP contribution in [0.4, 0.5) is 0 Å². The SMILES string of the molecule is Cc1ccc(C=NNC(=S)NC2CCCCC2)cc1. The van der Waals surface area contributed by atoms with E-state index in [1.54, 1.807) is 6.21 Å². The van der Waals surface area contributed by atoms with Gasteiger partial charge in [-0.1, -0.05) is 49.1 Å². The van der Waals surface area contributed by atoms with Crippen LogP contribution in [0.1, 0.15) is 43.2 Å². The average Bonchev–Trinajstić information content (AvgIpc) is 2.42. The molecule has 3 nitrogen and oxygen atoms in total. The largest absolute Gasteiger partial charge is 0.359 e. The second-order valence-corrected chi connectivity index (χ2v) is 5.50. The molecule has 19 heavy (non-hydrogen) atoms. The van der Waals surface area contributed by atoms with Crippen LogP contribution in [0.3, 0.4) is 0 Å². The Morgan fingerprint density at radius 3 is 2.58 bits per heavy atom. The van der Waals surface area contributed by atoms with Crippen molar-refractivity contribution in [2.75, 3.05) is 0 Å². The lowest BCUT2D eigenvalue weighted by atomic mass is 9.96. The Morgan fingerprint density at radius 1 is 1.21 bits per heavy atom. The maximum Gasteiger partial charge on any atom is 0.187 e. The minimum absolute atomic E-state index is 0.517. The van der Waals surface area contributed by atoms with Crippen molar-refractivity contribution in [3.05, 3.63) is 35.4 Å². The number of hydrogen-bond donors (Lipinski definition) is 2. The zero-order valence-electron chi connectivity index (χ0n) is 11.4. The minimum Gasteiger partial charge on any atom is -0.359 e. The number of nitrogens with zero attached hydrogens (tertiary/aromatic N) is 1. The van der Waals surface area contributed by atoms with Crippen LogP contribution < -0.4 is 10.7 Å². The molecule has 0 aliphatic heterocycles. The lowest BCUT2D eigenvalue weighted by molar-refractivity contribution is 0.412. The van der Waals surface area contributed by atoms with E-state index in [-0.39, 0.29) is 0 Å². The van der Waals surface area contributed by atoms with Gasteiger partial charge < -0.3 is 5.32 Å². The topological polar surface area (TPSA) is 36.4 Å². The van der Waals surface area contributed by atoms with Gasteiger partial charge >= 0.3 is 0 Å². The van der Waals surface area contributed by atoms with E-state index >= 15 is 0 Å². The molecule has 0 spiro atoms. The van der Waals surface area contributed by atoms with Crippen LogP contribution in [0.15, 0.2) is 29.4 Å². The van der Waals surface area contributed by atoms with Crippen LogP contribution in [0, 0.1) is 6.92 Å². The van der Waals surface area contributed by atoms with E-state index in [1.807, 2.05) is 12.1 Å². The fraction of sp³-hybridized carbons (Fsp3) is 0.467. The molecule has 1 aromatic carbocycles. The summed E-state index contributed by atoms with van der Waals surface area (Å²) < 4.78 is 0. The van der Waals surface area contributed by atoms with E-state index in [4.69, 9.17) is 12.2 Å². The molecule has 0 saturated heterocycles. The van der Waals surface area contributed by atoms with Crippen molar-refractivity contribution in [3.63, 3.8) is 0 Å². The number of aryl methyl sites for hydroxylation is 1. The van der Waals surface area contributed by atoms with Gasteiger partial charge in [0.1, 0.15) is 0 Å². The quantitative estimate of drug-likeness (QED) is 0.505. The van der Waals surface area contributed by atoms with Gasteiger partial charge in [-0.3, -0.25) is 5.43 Å². The molecule has 0 aromatic heterocycles. The smallest absolute Gasteiger partial charge is 0.187 e. The molecule has 1 aromatic rings. The van der Waals surface area contributed by atoms with Crippen LogP contribution >= 0.6 is 12.2 Å². The molecule has 4 heteroatoms. The predicted octanol–water partition coefficient (Wildman–Crippen LogP) is 3.13. The van der Waals surface area contributed by atoms with Gasteiger partial charge in [0.05, 0.1) is 6.21 Å². The van der Waals surface area contributed by atoms with Gasteiger partial charge in [-0.2, -0.15) is 5.10 Å². The summed E-state index contributed by atoms with van der Waals surface area (Å²) in [6.07, 6.45) is 8.16. The molecular formula is C15H21N3S. The fourth-order valence-electron chi connectivity index (χ4n) is 2.28. The summed E-state index contributed by atoms with van der Waals surface area (Å²) in [5, 5.41) is 8.10. The van der Waals surface area contributed by atoms with E-state index in [9.17, 15) is 0 Å². The van der Waals surface area contributed by atoms with Gasteiger partial charge in [-0.05, 0) is 37.5 Å². The molecule has 0 bridgehead atoms. The summed E-state index contributed by atoms with van der Waals surface area (Å²) in [5.41, 5.74) is 5.20. The first-order valence-electron chi connectivity index (χ1n) is 6.90. The van der Waals surface area contributed by atoms with Gasteiger partial charge in [-0.25, -0.2) is 0 Å². The van der Waals surface area contributed by atoms with Crippen LogP contribution in [0.2, 0.25) is 0 Å². The molecule has 0 atom stereocenters. The first-order chi connectivity index (χ1) is 9.24. The molecule has 0 heterocycles. The van der Waals surface area contributed by atoms with Crippen LogP contribution in [0.5, 0.6) is 0 Å². The molecule has 0 radical (unpaired) electrons. The van der Waals surface area contributed by atoms with E-state index in [2.05, 4.69) is 34.9 Å². The molecule has 1 aliphatic rings. The molecule has 0 amide bonds. The van der Waals surface area contributed by atoms with Crippen molar-refractivity contribution in [1.82, 2.24) is 10.7 Å². The number of hydrazone groups is 1. The zero-order valence-corrected chi connectivity index (χ0v) is 12.2. The highest BCUT2D eigenvalue weighted by Crippen LogP contribution is 2.17. The summed E-state index contributed by atoms with van der Waals surface area (Å²) in [6, 6.07) is 8.74. The standard InChI is InChI=1S/C15H21N3S/c1-12-7-9-13(10-8-12)11-16-18-15(19)17-14-5-3-2-4-6-14/h7-11,14H,2-6H2,1H3,(H2,17,18,19). The minimum atomic E-state index is 0.517. The summed E-state index contributed by atoms with van der Waals surface area (Å²) in [7, 11) is 0. The van der Waals surface area contributed by atoms with Crippen LogP contribution in [-0.2, 0) is 0 Å². The van der Waals surface area contributed by atoms with Gasteiger partial charge in [0.15, 0.2) is 5.11 Å². The summed E-state index contributed by atoms with van der Waals surface area (Å²) in [6.45, 7) is 2.07. The zero-order chi connectivity index (χ0) is 13.5. The van der Waals surface area contributed by atoms with E-state index in [1.165, 1.54) is 37.7 Å². The Kier molecular flexibility index (Phi) is 5.33. The second-order valence-electron chi connectivity index (χ2n) is 5.09. The maximum atomic E-state index is 5.24. The number of rotatable bonds is 3. The number of hydrogen-bond acceptors (Lipinski definition) is 2. The second kappa shape index (κ2) is 7.24. The Bertz CT molecular complexity index is 433. The summed E-state index contributed by atoms with van der Waals surface area (Å²) in [5.74, 6) is 0. The number of thiocarbonyl (C=S) groups is 1. The molecule has 1 saturated carbocycles. The highest BCUT2D eigenvalue weighted by molar-refractivity contribution is 7.80. The molecule has 2 N–H and O–H groups in total. The molecule has 1 aliphatic carbocycles. The summed E-state index contributed by atoms with van der Waals surface area (Å²) >= 11 is 5.24. The first-order valence-corrected chi connectivity index (χ1v) is 7.31. The first kappa shape index (κ1) is 14.0. The van der Waals surface area contributed by atoms with Gasteiger partial charge in [-0.15, -0.1) is 0 Å². The fourth-order valence-corrected chi connectivity index (χ4v) is 2.50. The normalized spacial score (nSPS) is 16.5. The molecule has 2 rings (SSSR count). The third-order valence-electron chi connectivity index (χ3n) is 3.40. The Morgan fingerprint density at radius 2 is 1.89 bits per heavy atom. The Labute approximate surface area is 120 Å². The van der Waals surface area contributed by atoms with E-state index in [0.29, 0.717) is 11.2 Å². The number of nitrogens with one attached hydrogen (secondary N) is 2. The van der Waals surface area contributed by atoms with Crippen LogP contribution in [0.25, 0.3) is 0 Å². The number of benzene rings is 1. The lowest BCUT2D eigenvalue weighted by Crippen LogP contribution is -2.40. The van der Waals surface area contributed by atoms with E-state index in [0.717, 1.165) is 5.56 Å². The third-order valence-corrected chi connectivity index (χ3v) is 3.61. The highest BCUT2D eigenvalue weighted by atomic mass is 32.1. The maximum absolute atomic E-state index is 5.24. The van der Waals surface area contributed by atoms with Crippen molar-refractivity contribution < 1.29 is 0 Å². The van der Waals surface area contributed by atoms with Gasteiger partial charge in [0.2, 0.25) is 0 Å². The van der Waals surface area contributed by atoms with Gasteiger partial charge in [0, 0.05) is 6.04 Å². The van der Waals surface area contributed by atoms with Gasteiger partial charge in [0.25, 0.3) is 0 Å². The van der Waals surface area contributed by atoms with Crippen molar-refractivity contribution in [2.24, 2.45) is 5.10 Å². The monoisotopic (exact) mass is 275 g/mol. The van der Waals surface area contributed by atoms with Crippen molar-refractivity contribution in [3.8, 4) is 0 Å². The lowest BCUT2D eigenvalue weighted by Gasteiger charge is -2.23.